The molecule has 3 N–H and O–H groups in total. The first-order valence-corrected chi connectivity index (χ1v) is 6.96. The Hall–Kier alpha value is -1.55. The average Bonchev–Trinajstić information content (AvgIpc) is 3.12. The first-order chi connectivity index (χ1) is 9.20. The van der Waals surface area contributed by atoms with E-state index >= 15 is 0 Å². The maximum absolute atomic E-state index is 12.1. The van der Waals surface area contributed by atoms with Crippen LogP contribution >= 0.6 is 0 Å². The molecule has 1 saturated carbocycles. The van der Waals surface area contributed by atoms with Gasteiger partial charge in [0, 0.05) is 12.5 Å². The van der Waals surface area contributed by atoms with E-state index in [0.29, 0.717) is 12.0 Å². The molecule has 19 heavy (non-hydrogen) atoms. The van der Waals surface area contributed by atoms with Gasteiger partial charge in [-0.2, -0.15) is 0 Å². The van der Waals surface area contributed by atoms with Gasteiger partial charge in [0.05, 0.1) is 0 Å². The maximum atomic E-state index is 12.1. The highest BCUT2D eigenvalue weighted by atomic mass is 16.3. The molecule has 1 aromatic carbocycles. The minimum atomic E-state index is 0.190. The molecule has 1 unspecified atom stereocenters. The molecule has 1 aromatic rings. The molecule has 2 fully saturated rings. The normalized spacial score (nSPS) is 24.1. The second-order valence-electron chi connectivity index (χ2n) is 5.75. The molecule has 1 heterocycles. The molecule has 102 valence electrons. The summed E-state index contributed by atoms with van der Waals surface area (Å²) < 4.78 is 0. The Morgan fingerprint density at radius 2 is 2.00 bits per heavy atom. The zero-order chi connectivity index (χ0) is 13.3. The van der Waals surface area contributed by atoms with Crippen molar-refractivity contribution in [2.75, 3.05) is 13.1 Å². The fraction of sp³-hybridized carbons (Fsp3) is 0.533. The number of nitrogens with one attached hydrogen (secondary N) is 2. The number of carbonyl (C=O) groups is 1. The van der Waals surface area contributed by atoms with Crippen LogP contribution in [0.15, 0.2) is 24.3 Å². The van der Waals surface area contributed by atoms with Gasteiger partial charge in [-0.3, -0.25) is 4.79 Å². The van der Waals surface area contributed by atoms with E-state index in [2.05, 4.69) is 10.6 Å². The molecule has 1 atom stereocenters. The van der Waals surface area contributed by atoms with Crippen molar-refractivity contribution < 1.29 is 9.90 Å². The van der Waals surface area contributed by atoms with Gasteiger partial charge >= 0.3 is 0 Å². The summed E-state index contributed by atoms with van der Waals surface area (Å²) in [4.78, 5) is 12.1. The summed E-state index contributed by atoms with van der Waals surface area (Å²) in [6.07, 6.45) is 3.31. The topological polar surface area (TPSA) is 61.4 Å². The summed E-state index contributed by atoms with van der Waals surface area (Å²) in [6, 6.07) is 6.96. The predicted molar refractivity (Wildman–Crippen MR) is 72.6 cm³/mol. The molecule has 0 bridgehead atoms. The molecule has 1 aliphatic heterocycles. The number of phenols is 1. The van der Waals surface area contributed by atoms with Gasteiger partial charge in [0.25, 0.3) is 0 Å². The zero-order valence-corrected chi connectivity index (χ0v) is 11.0. The molecule has 3 rings (SSSR count). The molecule has 4 nitrogen and oxygen atoms in total. The molecule has 0 aromatic heterocycles. The highest BCUT2D eigenvalue weighted by Crippen LogP contribution is 2.58. The first-order valence-electron chi connectivity index (χ1n) is 6.96. The summed E-state index contributed by atoms with van der Waals surface area (Å²) >= 11 is 0. The molecule has 4 heteroatoms. The first kappa shape index (κ1) is 12.5. The number of hydrogen-bond donors (Lipinski definition) is 3. The number of hydrogen-bond acceptors (Lipinski definition) is 3. The van der Waals surface area contributed by atoms with Crippen molar-refractivity contribution in [1.82, 2.24) is 10.6 Å². The highest BCUT2D eigenvalue weighted by Gasteiger charge is 2.57. The van der Waals surface area contributed by atoms with E-state index in [1.807, 2.05) is 12.1 Å². The fourth-order valence-corrected chi connectivity index (χ4v) is 3.12. The zero-order valence-electron chi connectivity index (χ0n) is 11.0. The van der Waals surface area contributed by atoms with Gasteiger partial charge in [0.1, 0.15) is 5.75 Å². The molecular formula is C15H20N2O2. The number of aromatic hydroxyl groups is 1. The van der Waals surface area contributed by atoms with Crippen LogP contribution in [0.2, 0.25) is 0 Å². The monoisotopic (exact) mass is 260 g/mol. The van der Waals surface area contributed by atoms with Gasteiger partial charge in [-0.15, -0.1) is 0 Å². The highest BCUT2D eigenvalue weighted by molar-refractivity contribution is 5.82. The lowest BCUT2D eigenvalue weighted by Crippen LogP contribution is -2.33. The Balaban J connectivity index is 1.51. The van der Waals surface area contributed by atoms with E-state index < -0.39 is 0 Å². The van der Waals surface area contributed by atoms with Crippen LogP contribution in [0.4, 0.5) is 0 Å². The van der Waals surface area contributed by atoms with Gasteiger partial charge in [-0.1, -0.05) is 12.1 Å². The number of benzene rings is 1. The van der Waals surface area contributed by atoms with Crippen LogP contribution in [0.3, 0.4) is 0 Å². The number of carbonyl (C=O) groups excluding carboxylic acids is 1. The van der Waals surface area contributed by atoms with E-state index in [4.69, 9.17) is 0 Å². The molecule has 1 saturated heterocycles. The van der Waals surface area contributed by atoms with Crippen molar-refractivity contribution in [1.29, 1.82) is 0 Å². The van der Waals surface area contributed by atoms with Crippen LogP contribution in [0, 0.1) is 11.3 Å². The summed E-state index contributed by atoms with van der Waals surface area (Å²) in [7, 11) is 0. The smallest absolute Gasteiger partial charge is 0.223 e. The molecule has 1 amide bonds. The lowest BCUT2D eigenvalue weighted by molar-refractivity contribution is -0.123. The van der Waals surface area contributed by atoms with Crippen LogP contribution in [-0.2, 0) is 11.3 Å². The standard InChI is InChI=1S/C15H20N2O2/c18-12-3-1-11(2-4-12)10-17-14(19)13-9-15(13)5-7-16-8-6-15/h1-4,13,16,18H,5-10H2,(H,17,19). The van der Waals surface area contributed by atoms with Gasteiger partial charge < -0.3 is 15.7 Å². The predicted octanol–water partition coefficient (Wildman–Crippen LogP) is 1.40. The number of rotatable bonds is 3. The van der Waals surface area contributed by atoms with E-state index in [1.54, 1.807) is 12.1 Å². The molecular weight excluding hydrogens is 240 g/mol. The molecule has 2 aliphatic rings. The van der Waals surface area contributed by atoms with Crippen molar-refractivity contribution in [3.8, 4) is 5.75 Å². The third-order valence-corrected chi connectivity index (χ3v) is 4.51. The number of amides is 1. The summed E-state index contributed by atoms with van der Waals surface area (Å²) in [5.74, 6) is 0.660. The Kier molecular flexibility index (Phi) is 3.19. The van der Waals surface area contributed by atoms with Crippen LogP contribution in [0.25, 0.3) is 0 Å². The molecule has 0 radical (unpaired) electrons. The van der Waals surface area contributed by atoms with Crippen LogP contribution < -0.4 is 10.6 Å². The largest absolute Gasteiger partial charge is 0.508 e. The second kappa shape index (κ2) is 4.85. The Morgan fingerprint density at radius 1 is 1.32 bits per heavy atom. The quantitative estimate of drug-likeness (QED) is 0.770. The summed E-state index contributed by atoms with van der Waals surface area (Å²) in [6.45, 7) is 2.63. The van der Waals surface area contributed by atoms with Crippen LogP contribution in [0.5, 0.6) is 5.75 Å². The second-order valence-corrected chi connectivity index (χ2v) is 5.75. The van der Waals surface area contributed by atoms with Crippen molar-refractivity contribution in [3.63, 3.8) is 0 Å². The minimum Gasteiger partial charge on any atom is -0.508 e. The lowest BCUT2D eigenvalue weighted by atomic mass is 9.92. The van der Waals surface area contributed by atoms with E-state index in [9.17, 15) is 9.90 Å². The van der Waals surface area contributed by atoms with Crippen LogP contribution in [0.1, 0.15) is 24.8 Å². The van der Waals surface area contributed by atoms with E-state index in [1.165, 1.54) is 0 Å². The third kappa shape index (κ3) is 2.59. The summed E-state index contributed by atoms with van der Waals surface area (Å²) in [5, 5.41) is 15.6. The van der Waals surface area contributed by atoms with E-state index in [-0.39, 0.29) is 17.6 Å². The maximum Gasteiger partial charge on any atom is 0.223 e. The lowest BCUT2D eigenvalue weighted by Gasteiger charge is -2.23. The Bertz CT molecular complexity index is 464. The van der Waals surface area contributed by atoms with Gasteiger partial charge in [0.2, 0.25) is 5.91 Å². The molecule has 1 aliphatic carbocycles. The Labute approximate surface area is 113 Å². The van der Waals surface area contributed by atoms with Gasteiger partial charge in [0.15, 0.2) is 0 Å². The van der Waals surface area contributed by atoms with Crippen LogP contribution in [-0.4, -0.2) is 24.1 Å². The molecule has 1 spiro atoms. The number of piperidine rings is 1. The SMILES string of the molecule is O=C(NCc1ccc(O)cc1)C1CC12CCNCC2. The van der Waals surface area contributed by atoms with Crippen molar-refractivity contribution in [3.05, 3.63) is 29.8 Å². The third-order valence-electron chi connectivity index (χ3n) is 4.51. The van der Waals surface area contributed by atoms with Crippen molar-refractivity contribution in [2.45, 2.75) is 25.8 Å². The minimum absolute atomic E-state index is 0.190. The van der Waals surface area contributed by atoms with E-state index in [0.717, 1.165) is 37.9 Å². The van der Waals surface area contributed by atoms with Gasteiger partial charge in [-0.25, -0.2) is 0 Å². The number of phenolic OH excluding ortho intramolecular Hbond substituents is 1. The van der Waals surface area contributed by atoms with Crippen molar-refractivity contribution >= 4 is 5.91 Å². The van der Waals surface area contributed by atoms with Gasteiger partial charge in [-0.05, 0) is 55.5 Å². The summed E-state index contributed by atoms with van der Waals surface area (Å²) in [5.41, 5.74) is 1.32. The fourth-order valence-electron chi connectivity index (χ4n) is 3.12. The van der Waals surface area contributed by atoms with Crippen molar-refractivity contribution in [2.24, 2.45) is 11.3 Å². The Morgan fingerprint density at radius 3 is 2.68 bits per heavy atom. The average molecular weight is 260 g/mol.